The van der Waals surface area contributed by atoms with Gasteiger partial charge in [0.15, 0.2) is 6.23 Å². The number of rotatable bonds is 6. The normalized spacial score (nSPS) is 18.3. The fourth-order valence-corrected chi connectivity index (χ4v) is 1.67. The fourth-order valence-electron chi connectivity index (χ4n) is 1.67. The van der Waals surface area contributed by atoms with E-state index in [-0.39, 0.29) is 12.1 Å². The Bertz CT molecular complexity index is 251. The maximum Gasteiger partial charge on any atom is 0.409 e. The Labute approximate surface area is 110 Å². The van der Waals surface area contributed by atoms with Crippen LogP contribution in [0.25, 0.3) is 0 Å². The van der Waals surface area contributed by atoms with Crippen molar-refractivity contribution in [2.75, 3.05) is 19.7 Å². The Morgan fingerprint density at radius 2 is 1.83 bits per heavy atom. The fraction of sp³-hybridized carbons (Fsp3) is 0.923. The van der Waals surface area contributed by atoms with Gasteiger partial charge in [0.05, 0.1) is 6.61 Å². The van der Waals surface area contributed by atoms with E-state index < -0.39 is 6.09 Å². The van der Waals surface area contributed by atoms with Gasteiger partial charge >= 0.3 is 6.09 Å². The van der Waals surface area contributed by atoms with E-state index in [1.807, 2.05) is 32.8 Å². The summed E-state index contributed by atoms with van der Waals surface area (Å²) in [7, 11) is 0. The highest BCUT2D eigenvalue weighted by Gasteiger charge is 2.23. The minimum atomic E-state index is -0.401. The van der Waals surface area contributed by atoms with Gasteiger partial charge in [0, 0.05) is 19.0 Å². The van der Waals surface area contributed by atoms with E-state index in [9.17, 15) is 4.79 Å². The van der Waals surface area contributed by atoms with E-state index in [0.717, 1.165) is 25.9 Å². The minimum absolute atomic E-state index is 0.206. The van der Waals surface area contributed by atoms with Crippen LogP contribution in [0.1, 0.15) is 40.5 Å². The second-order valence-electron chi connectivity index (χ2n) is 5.54. The van der Waals surface area contributed by atoms with Crippen molar-refractivity contribution >= 4 is 6.09 Å². The average Bonchev–Trinajstić information content (AvgIpc) is 2.78. The van der Waals surface area contributed by atoms with Crippen LogP contribution in [0, 0.1) is 11.8 Å². The number of hydrogen-bond donors (Lipinski definition) is 1. The lowest BCUT2D eigenvalue weighted by Gasteiger charge is -2.27. The molecule has 1 rings (SSSR count). The van der Waals surface area contributed by atoms with Gasteiger partial charge in [-0.1, -0.05) is 27.7 Å². The van der Waals surface area contributed by atoms with Crippen LogP contribution in [-0.4, -0.2) is 37.1 Å². The standard InChI is InChI=1S/C13H26N2O3/c1-10(2)9-17-13(16)14-12(11(3)4)18-15-7-5-6-8-15/h10-12H,5-9H2,1-4H3,(H,14,16). The third kappa shape index (κ3) is 5.69. The average molecular weight is 258 g/mol. The van der Waals surface area contributed by atoms with E-state index in [2.05, 4.69) is 5.32 Å². The zero-order chi connectivity index (χ0) is 13.5. The summed E-state index contributed by atoms with van der Waals surface area (Å²) < 4.78 is 5.10. The molecule has 0 spiro atoms. The molecule has 1 aliphatic heterocycles. The molecule has 18 heavy (non-hydrogen) atoms. The molecule has 5 nitrogen and oxygen atoms in total. The van der Waals surface area contributed by atoms with Crippen LogP contribution in [0.5, 0.6) is 0 Å². The predicted molar refractivity (Wildman–Crippen MR) is 69.8 cm³/mol. The van der Waals surface area contributed by atoms with Crippen LogP contribution in [-0.2, 0) is 9.57 Å². The molecule has 0 radical (unpaired) electrons. The minimum Gasteiger partial charge on any atom is -0.449 e. The molecule has 0 aliphatic carbocycles. The molecule has 0 saturated carbocycles. The van der Waals surface area contributed by atoms with E-state index in [4.69, 9.17) is 9.57 Å². The molecule has 106 valence electrons. The van der Waals surface area contributed by atoms with E-state index in [1.54, 1.807) is 0 Å². The number of amides is 1. The van der Waals surface area contributed by atoms with Crippen LogP contribution in [0.4, 0.5) is 4.79 Å². The summed E-state index contributed by atoms with van der Waals surface area (Å²) in [5, 5.41) is 4.70. The maximum absolute atomic E-state index is 11.6. The first-order valence-corrected chi connectivity index (χ1v) is 6.84. The number of ether oxygens (including phenoxy) is 1. The highest BCUT2D eigenvalue weighted by molar-refractivity contribution is 5.67. The lowest BCUT2D eigenvalue weighted by molar-refractivity contribution is -0.203. The highest BCUT2D eigenvalue weighted by atomic mass is 16.7. The zero-order valence-electron chi connectivity index (χ0n) is 11.9. The number of nitrogens with zero attached hydrogens (tertiary/aromatic N) is 1. The van der Waals surface area contributed by atoms with Gasteiger partial charge in [0.25, 0.3) is 0 Å². The largest absolute Gasteiger partial charge is 0.449 e. The molecule has 0 aromatic carbocycles. The summed E-state index contributed by atoms with van der Waals surface area (Å²) in [5.74, 6) is 0.546. The van der Waals surface area contributed by atoms with Crippen molar-refractivity contribution in [3.8, 4) is 0 Å². The summed E-state index contributed by atoms with van der Waals surface area (Å²) in [4.78, 5) is 17.4. The SMILES string of the molecule is CC(C)COC(=O)NC(ON1CCCC1)C(C)C. The molecule has 1 saturated heterocycles. The number of carbonyl (C=O) groups is 1. The molecular formula is C13H26N2O3. The Hall–Kier alpha value is -0.810. The van der Waals surface area contributed by atoms with Gasteiger partial charge in [-0.2, -0.15) is 5.06 Å². The van der Waals surface area contributed by atoms with Crippen LogP contribution >= 0.6 is 0 Å². The summed E-state index contributed by atoms with van der Waals surface area (Å²) in [6, 6.07) is 0. The number of alkyl carbamates (subject to hydrolysis) is 1. The number of hydrogen-bond acceptors (Lipinski definition) is 4. The number of carbonyl (C=O) groups excluding carboxylic acids is 1. The highest BCUT2D eigenvalue weighted by Crippen LogP contribution is 2.13. The number of hydroxylamine groups is 2. The molecule has 1 atom stereocenters. The molecule has 1 fully saturated rings. The summed E-state index contributed by atoms with van der Waals surface area (Å²) >= 11 is 0. The summed E-state index contributed by atoms with van der Waals surface area (Å²) in [6.07, 6.45) is 1.59. The van der Waals surface area contributed by atoms with Gasteiger partial charge in [-0.3, -0.25) is 10.2 Å². The smallest absolute Gasteiger partial charge is 0.409 e. The second kappa shape index (κ2) is 7.59. The Kier molecular flexibility index (Phi) is 6.43. The quantitative estimate of drug-likeness (QED) is 0.743. The topological polar surface area (TPSA) is 50.8 Å². The molecule has 0 bridgehead atoms. The molecule has 0 aromatic rings. The van der Waals surface area contributed by atoms with Crippen molar-refractivity contribution in [3.05, 3.63) is 0 Å². The Morgan fingerprint density at radius 3 is 2.33 bits per heavy atom. The molecule has 1 aliphatic rings. The zero-order valence-corrected chi connectivity index (χ0v) is 11.9. The molecule has 1 N–H and O–H groups in total. The van der Waals surface area contributed by atoms with Crippen molar-refractivity contribution in [2.24, 2.45) is 11.8 Å². The van der Waals surface area contributed by atoms with Crippen molar-refractivity contribution in [1.82, 2.24) is 10.4 Å². The van der Waals surface area contributed by atoms with Gasteiger partial charge in [-0.15, -0.1) is 0 Å². The molecular weight excluding hydrogens is 232 g/mol. The predicted octanol–water partition coefficient (Wildman–Crippen LogP) is 2.38. The summed E-state index contributed by atoms with van der Waals surface area (Å²) in [5.41, 5.74) is 0. The first kappa shape index (κ1) is 15.2. The van der Waals surface area contributed by atoms with E-state index in [0.29, 0.717) is 12.5 Å². The van der Waals surface area contributed by atoms with Gasteiger partial charge < -0.3 is 4.74 Å². The molecule has 1 heterocycles. The maximum atomic E-state index is 11.6. The third-order valence-electron chi connectivity index (χ3n) is 2.74. The molecule has 0 aromatic heterocycles. The third-order valence-corrected chi connectivity index (χ3v) is 2.74. The van der Waals surface area contributed by atoms with Gasteiger partial charge in [-0.05, 0) is 18.8 Å². The summed E-state index contributed by atoms with van der Waals surface area (Å²) in [6.45, 7) is 10.4. The first-order chi connectivity index (χ1) is 8.49. The van der Waals surface area contributed by atoms with Gasteiger partial charge in [-0.25, -0.2) is 4.79 Å². The Morgan fingerprint density at radius 1 is 1.22 bits per heavy atom. The van der Waals surface area contributed by atoms with Crippen LogP contribution in [0.15, 0.2) is 0 Å². The lowest BCUT2D eigenvalue weighted by Crippen LogP contribution is -2.44. The lowest BCUT2D eigenvalue weighted by atomic mass is 10.2. The first-order valence-electron chi connectivity index (χ1n) is 6.84. The van der Waals surface area contributed by atoms with Gasteiger partial charge in [0.2, 0.25) is 0 Å². The molecule has 1 amide bonds. The van der Waals surface area contributed by atoms with Crippen molar-refractivity contribution in [1.29, 1.82) is 0 Å². The van der Waals surface area contributed by atoms with E-state index >= 15 is 0 Å². The molecule has 5 heteroatoms. The Balaban J connectivity index is 2.34. The second-order valence-corrected chi connectivity index (χ2v) is 5.54. The van der Waals surface area contributed by atoms with Crippen LogP contribution in [0.3, 0.4) is 0 Å². The van der Waals surface area contributed by atoms with Crippen molar-refractivity contribution in [3.63, 3.8) is 0 Å². The van der Waals surface area contributed by atoms with Crippen molar-refractivity contribution < 1.29 is 14.4 Å². The van der Waals surface area contributed by atoms with Crippen LogP contribution in [0.2, 0.25) is 0 Å². The molecule has 1 unspecified atom stereocenters. The van der Waals surface area contributed by atoms with Gasteiger partial charge in [0.1, 0.15) is 0 Å². The van der Waals surface area contributed by atoms with Crippen LogP contribution < -0.4 is 5.32 Å². The monoisotopic (exact) mass is 258 g/mol. The van der Waals surface area contributed by atoms with E-state index in [1.165, 1.54) is 0 Å². The number of nitrogens with one attached hydrogen (secondary N) is 1. The van der Waals surface area contributed by atoms with Crippen molar-refractivity contribution in [2.45, 2.75) is 46.8 Å².